The van der Waals surface area contributed by atoms with Gasteiger partial charge >= 0.3 is 0 Å². The van der Waals surface area contributed by atoms with Crippen molar-refractivity contribution in [2.24, 2.45) is 5.92 Å². The zero-order chi connectivity index (χ0) is 23.3. The second kappa shape index (κ2) is 9.90. The molecule has 2 N–H and O–H groups in total. The van der Waals surface area contributed by atoms with Crippen molar-refractivity contribution in [3.8, 4) is 17.2 Å². The summed E-state index contributed by atoms with van der Waals surface area (Å²) in [6.07, 6.45) is 0. The van der Waals surface area contributed by atoms with E-state index in [1.807, 2.05) is 13.8 Å². The largest absolute Gasteiger partial charge is 0.497 e. The van der Waals surface area contributed by atoms with Crippen LogP contribution in [0.2, 0.25) is 0 Å². The number of rotatable bonds is 8. The molecular weight excluding hydrogens is 412 g/mol. The Morgan fingerprint density at radius 1 is 1.03 bits per heavy atom. The maximum Gasteiger partial charge on any atom is 0.251 e. The Kier molecular flexibility index (Phi) is 7.04. The molecule has 0 aliphatic carbocycles. The number of carbonyl (C=O) groups is 2. The summed E-state index contributed by atoms with van der Waals surface area (Å²) in [6, 6.07) is 11.1. The van der Waals surface area contributed by atoms with Gasteiger partial charge in [-0.15, -0.1) is 5.10 Å². The lowest BCUT2D eigenvalue weighted by Crippen LogP contribution is -2.47. The van der Waals surface area contributed by atoms with Gasteiger partial charge in [0.15, 0.2) is 5.82 Å². The monoisotopic (exact) mass is 438 g/mol. The van der Waals surface area contributed by atoms with Gasteiger partial charge in [-0.1, -0.05) is 13.8 Å². The lowest BCUT2D eigenvalue weighted by Gasteiger charge is -2.22. The van der Waals surface area contributed by atoms with E-state index in [4.69, 9.17) is 9.47 Å². The number of tetrazole rings is 1. The van der Waals surface area contributed by atoms with Crippen molar-refractivity contribution in [3.63, 3.8) is 0 Å². The number of hydrogen-bond acceptors (Lipinski definition) is 7. The third-order valence-corrected chi connectivity index (χ3v) is 4.89. The average molecular weight is 438 g/mol. The van der Waals surface area contributed by atoms with E-state index in [-0.39, 0.29) is 17.7 Å². The number of nitrogens with zero attached hydrogens (tertiary/aromatic N) is 4. The second-order valence-corrected chi connectivity index (χ2v) is 7.44. The van der Waals surface area contributed by atoms with Gasteiger partial charge in [-0.3, -0.25) is 9.59 Å². The molecule has 0 saturated carbocycles. The van der Waals surface area contributed by atoms with Crippen molar-refractivity contribution in [1.29, 1.82) is 0 Å². The van der Waals surface area contributed by atoms with Crippen LogP contribution in [0.25, 0.3) is 5.69 Å². The maximum atomic E-state index is 13.0. The third-order valence-electron chi connectivity index (χ3n) is 4.89. The van der Waals surface area contributed by atoms with Gasteiger partial charge in [-0.05, 0) is 65.7 Å². The summed E-state index contributed by atoms with van der Waals surface area (Å²) in [5.41, 5.74) is 1.53. The Hall–Kier alpha value is -3.95. The zero-order valence-electron chi connectivity index (χ0n) is 18.6. The number of anilines is 1. The molecule has 0 aliphatic heterocycles. The van der Waals surface area contributed by atoms with Crippen LogP contribution in [0, 0.1) is 12.8 Å². The quantitative estimate of drug-likeness (QED) is 0.554. The van der Waals surface area contributed by atoms with Crippen molar-refractivity contribution in [2.75, 3.05) is 19.5 Å². The number of nitrogens with one attached hydrogen (secondary N) is 2. The molecule has 0 bridgehead atoms. The summed E-state index contributed by atoms with van der Waals surface area (Å²) in [4.78, 5) is 25.7. The Morgan fingerprint density at radius 2 is 1.75 bits per heavy atom. The molecule has 1 unspecified atom stereocenters. The molecule has 1 aromatic heterocycles. The van der Waals surface area contributed by atoms with E-state index < -0.39 is 6.04 Å². The number of ether oxygens (including phenoxy) is 2. The first-order valence-electron chi connectivity index (χ1n) is 10.0. The summed E-state index contributed by atoms with van der Waals surface area (Å²) in [5.74, 6) is 0.933. The SMILES string of the molecule is COc1ccc(C(=O)NC(C(=O)Nc2ccc(OC)c(-n3nnnc3C)c2)C(C)C)cc1. The molecule has 2 amide bonds. The molecule has 1 atom stereocenters. The minimum atomic E-state index is -0.745. The van der Waals surface area contributed by atoms with Gasteiger partial charge in [0.2, 0.25) is 5.91 Å². The van der Waals surface area contributed by atoms with Gasteiger partial charge in [0.1, 0.15) is 23.2 Å². The first kappa shape index (κ1) is 22.7. The fraction of sp³-hybridized carbons (Fsp3) is 0.318. The lowest BCUT2D eigenvalue weighted by molar-refractivity contribution is -0.118. The minimum Gasteiger partial charge on any atom is -0.497 e. The Labute approximate surface area is 185 Å². The van der Waals surface area contributed by atoms with Crippen LogP contribution in [0.3, 0.4) is 0 Å². The molecule has 0 radical (unpaired) electrons. The van der Waals surface area contributed by atoms with Crippen LogP contribution in [-0.4, -0.2) is 52.3 Å². The van der Waals surface area contributed by atoms with Crippen LogP contribution in [0.5, 0.6) is 11.5 Å². The number of carbonyl (C=O) groups excluding carboxylic acids is 2. The van der Waals surface area contributed by atoms with E-state index in [0.29, 0.717) is 34.3 Å². The van der Waals surface area contributed by atoms with E-state index in [1.54, 1.807) is 63.6 Å². The van der Waals surface area contributed by atoms with Crippen molar-refractivity contribution in [1.82, 2.24) is 25.5 Å². The van der Waals surface area contributed by atoms with Crippen LogP contribution in [0.15, 0.2) is 42.5 Å². The highest BCUT2D eigenvalue weighted by atomic mass is 16.5. The first-order valence-corrected chi connectivity index (χ1v) is 10.0. The Morgan fingerprint density at radius 3 is 2.31 bits per heavy atom. The topological polar surface area (TPSA) is 120 Å². The highest BCUT2D eigenvalue weighted by Gasteiger charge is 2.25. The van der Waals surface area contributed by atoms with E-state index in [2.05, 4.69) is 26.2 Å². The molecule has 2 aromatic carbocycles. The van der Waals surface area contributed by atoms with Gasteiger partial charge in [-0.2, -0.15) is 4.68 Å². The van der Waals surface area contributed by atoms with E-state index in [0.717, 1.165) is 0 Å². The molecule has 0 aliphatic rings. The number of methoxy groups -OCH3 is 2. The van der Waals surface area contributed by atoms with E-state index in [1.165, 1.54) is 4.68 Å². The standard InChI is InChI=1S/C22H26N6O4/c1-13(2)20(24-21(29)15-6-9-17(31-4)10-7-15)22(30)23-16-8-11-19(32-5)18(12-16)28-14(3)25-26-27-28/h6-13,20H,1-5H3,(H,23,30)(H,24,29). The molecule has 0 saturated heterocycles. The predicted molar refractivity (Wildman–Crippen MR) is 118 cm³/mol. The molecule has 0 spiro atoms. The summed E-state index contributed by atoms with van der Waals surface area (Å²) < 4.78 is 12.0. The number of amides is 2. The molecule has 168 valence electrons. The van der Waals surface area contributed by atoms with Crippen LogP contribution in [0.1, 0.15) is 30.0 Å². The van der Waals surface area contributed by atoms with Gasteiger partial charge in [0, 0.05) is 11.3 Å². The van der Waals surface area contributed by atoms with Crippen molar-refractivity contribution >= 4 is 17.5 Å². The molecule has 10 nitrogen and oxygen atoms in total. The van der Waals surface area contributed by atoms with Crippen LogP contribution in [-0.2, 0) is 4.79 Å². The van der Waals surface area contributed by atoms with Gasteiger partial charge in [0.25, 0.3) is 5.91 Å². The average Bonchev–Trinajstić information content (AvgIpc) is 3.22. The van der Waals surface area contributed by atoms with Crippen LogP contribution in [0.4, 0.5) is 5.69 Å². The highest BCUT2D eigenvalue weighted by molar-refractivity contribution is 6.01. The molecule has 1 heterocycles. The summed E-state index contributed by atoms with van der Waals surface area (Å²) in [7, 11) is 3.10. The molecule has 0 fully saturated rings. The fourth-order valence-corrected chi connectivity index (χ4v) is 3.11. The first-order chi connectivity index (χ1) is 15.3. The van der Waals surface area contributed by atoms with Gasteiger partial charge < -0.3 is 20.1 Å². The number of aromatic nitrogens is 4. The molecule has 3 rings (SSSR count). The van der Waals surface area contributed by atoms with Gasteiger partial charge in [0.05, 0.1) is 14.2 Å². The van der Waals surface area contributed by atoms with Crippen LogP contribution < -0.4 is 20.1 Å². The maximum absolute atomic E-state index is 13.0. The smallest absolute Gasteiger partial charge is 0.251 e. The normalized spacial score (nSPS) is 11.7. The minimum absolute atomic E-state index is 0.142. The number of hydrogen-bond donors (Lipinski definition) is 2. The van der Waals surface area contributed by atoms with Gasteiger partial charge in [-0.25, -0.2) is 0 Å². The summed E-state index contributed by atoms with van der Waals surface area (Å²) >= 11 is 0. The Balaban J connectivity index is 1.78. The Bertz CT molecular complexity index is 1090. The zero-order valence-corrected chi connectivity index (χ0v) is 18.6. The van der Waals surface area contributed by atoms with Crippen molar-refractivity contribution < 1.29 is 19.1 Å². The number of benzene rings is 2. The summed E-state index contributed by atoms with van der Waals surface area (Å²) in [6.45, 7) is 5.49. The molecule has 32 heavy (non-hydrogen) atoms. The molecular formula is C22H26N6O4. The highest BCUT2D eigenvalue weighted by Crippen LogP contribution is 2.26. The molecule has 3 aromatic rings. The summed E-state index contributed by atoms with van der Waals surface area (Å²) in [5, 5.41) is 17.2. The number of aryl methyl sites for hydroxylation is 1. The lowest BCUT2D eigenvalue weighted by atomic mass is 10.0. The fourth-order valence-electron chi connectivity index (χ4n) is 3.11. The molecule has 10 heteroatoms. The van der Waals surface area contributed by atoms with E-state index >= 15 is 0 Å². The second-order valence-electron chi connectivity index (χ2n) is 7.44. The van der Waals surface area contributed by atoms with Crippen molar-refractivity contribution in [3.05, 3.63) is 53.9 Å². The van der Waals surface area contributed by atoms with Crippen LogP contribution >= 0.6 is 0 Å². The predicted octanol–water partition coefficient (Wildman–Crippen LogP) is 2.38. The van der Waals surface area contributed by atoms with Crippen molar-refractivity contribution in [2.45, 2.75) is 26.8 Å². The van der Waals surface area contributed by atoms with E-state index in [9.17, 15) is 9.59 Å². The third kappa shape index (κ3) is 5.02.